The van der Waals surface area contributed by atoms with Crippen LogP contribution in [-0.4, -0.2) is 4.57 Å². The summed E-state index contributed by atoms with van der Waals surface area (Å²) in [7, 11) is 0. The van der Waals surface area contributed by atoms with Crippen molar-refractivity contribution in [2.75, 3.05) is 0 Å². The number of hydrogen-bond acceptors (Lipinski definition) is 0. The molecule has 0 aliphatic carbocycles. The summed E-state index contributed by atoms with van der Waals surface area (Å²) in [5.41, 5.74) is 7.97. The van der Waals surface area contributed by atoms with Crippen LogP contribution >= 0.6 is 0 Å². The molecule has 0 fully saturated rings. The second kappa shape index (κ2) is 8.75. The number of unbranched alkanes of at least 4 members (excludes halogenated alkanes) is 1. The highest BCUT2D eigenvalue weighted by molar-refractivity contribution is 5.82. The third-order valence-electron chi connectivity index (χ3n) is 5.28. The van der Waals surface area contributed by atoms with Gasteiger partial charge in [0.15, 0.2) is 0 Å². The van der Waals surface area contributed by atoms with Crippen LogP contribution < -0.4 is 0 Å². The van der Waals surface area contributed by atoms with Gasteiger partial charge in [-0.25, -0.2) is 0 Å². The standard InChI is InChI=1S/C27H27N/c1-2-3-19-25-20-26(23-15-9-5-10-16-23)27(24-17-11-6-12-18-24)28(25)21-22-13-7-4-8-14-22/h4-18,20H,2-3,19,21H2,1H3. The van der Waals surface area contributed by atoms with Gasteiger partial charge < -0.3 is 4.57 Å². The fraction of sp³-hybridized carbons (Fsp3) is 0.185. The van der Waals surface area contributed by atoms with Gasteiger partial charge in [-0.05, 0) is 35.6 Å². The first-order valence-electron chi connectivity index (χ1n) is 10.2. The maximum atomic E-state index is 2.53. The molecule has 4 aromatic rings. The fourth-order valence-electron chi connectivity index (χ4n) is 3.86. The number of hydrogen-bond donors (Lipinski definition) is 0. The van der Waals surface area contributed by atoms with Crippen LogP contribution in [0.3, 0.4) is 0 Å². The molecule has 0 bridgehead atoms. The van der Waals surface area contributed by atoms with Crippen LogP contribution in [-0.2, 0) is 13.0 Å². The Morgan fingerprint density at radius 3 is 1.86 bits per heavy atom. The number of rotatable bonds is 7. The van der Waals surface area contributed by atoms with E-state index in [-0.39, 0.29) is 0 Å². The lowest BCUT2D eigenvalue weighted by Gasteiger charge is -2.15. The maximum Gasteiger partial charge on any atom is 0.0565 e. The molecule has 1 heteroatoms. The molecule has 1 nitrogen and oxygen atoms in total. The summed E-state index contributed by atoms with van der Waals surface area (Å²) in [5, 5.41) is 0. The summed E-state index contributed by atoms with van der Waals surface area (Å²) in [6.07, 6.45) is 3.52. The highest BCUT2D eigenvalue weighted by Crippen LogP contribution is 2.36. The van der Waals surface area contributed by atoms with Crippen LogP contribution in [0.1, 0.15) is 31.0 Å². The average Bonchev–Trinajstić information content (AvgIpc) is 3.12. The summed E-state index contributed by atoms with van der Waals surface area (Å²) in [6.45, 7) is 3.16. The lowest BCUT2D eigenvalue weighted by molar-refractivity contribution is 0.701. The molecule has 1 heterocycles. The van der Waals surface area contributed by atoms with E-state index in [2.05, 4.69) is 109 Å². The number of benzene rings is 3. The molecule has 4 rings (SSSR count). The van der Waals surface area contributed by atoms with E-state index in [1.54, 1.807) is 0 Å². The van der Waals surface area contributed by atoms with Gasteiger partial charge in [-0.15, -0.1) is 0 Å². The van der Waals surface area contributed by atoms with E-state index in [4.69, 9.17) is 0 Å². The Balaban J connectivity index is 1.91. The van der Waals surface area contributed by atoms with Crippen molar-refractivity contribution >= 4 is 0 Å². The largest absolute Gasteiger partial charge is 0.340 e. The Kier molecular flexibility index (Phi) is 5.72. The maximum absolute atomic E-state index is 2.53. The first-order valence-corrected chi connectivity index (χ1v) is 10.2. The molecule has 3 aromatic carbocycles. The predicted molar refractivity (Wildman–Crippen MR) is 119 cm³/mol. The van der Waals surface area contributed by atoms with Crippen molar-refractivity contribution in [3.63, 3.8) is 0 Å². The third-order valence-corrected chi connectivity index (χ3v) is 5.28. The van der Waals surface area contributed by atoms with E-state index in [0.717, 1.165) is 13.0 Å². The van der Waals surface area contributed by atoms with Crippen LogP contribution in [0.2, 0.25) is 0 Å². The van der Waals surface area contributed by atoms with Gasteiger partial charge in [-0.1, -0.05) is 104 Å². The quantitative estimate of drug-likeness (QED) is 0.326. The molecule has 0 saturated carbocycles. The van der Waals surface area contributed by atoms with E-state index in [0.29, 0.717) is 0 Å². The fourth-order valence-corrected chi connectivity index (χ4v) is 3.86. The summed E-state index contributed by atoms with van der Waals surface area (Å²) in [4.78, 5) is 0. The first kappa shape index (κ1) is 18.3. The van der Waals surface area contributed by atoms with Gasteiger partial charge in [0, 0.05) is 17.8 Å². The molecule has 140 valence electrons. The van der Waals surface area contributed by atoms with Gasteiger partial charge in [0.1, 0.15) is 0 Å². The lowest BCUT2D eigenvalue weighted by atomic mass is 10.0. The molecule has 0 spiro atoms. The van der Waals surface area contributed by atoms with Crippen LogP contribution in [0.4, 0.5) is 0 Å². The summed E-state index contributed by atoms with van der Waals surface area (Å²) >= 11 is 0. The minimum Gasteiger partial charge on any atom is -0.340 e. The van der Waals surface area contributed by atoms with Gasteiger partial charge in [-0.2, -0.15) is 0 Å². The Labute approximate surface area is 168 Å². The third kappa shape index (κ3) is 3.94. The van der Waals surface area contributed by atoms with Gasteiger partial charge >= 0.3 is 0 Å². The second-order valence-electron chi connectivity index (χ2n) is 7.31. The van der Waals surface area contributed by atoms with E-state index >= 15 is 0 Å². The van der Waals surface area contributed by atoms with E-state index in [1.165, 1.54) is 46.5 Å². The van der Waals surface area contributed by atoms with Gasteiger partial charge in [0.25, 0.3) is 0 Å². The molecule has 28 heavy (non-hydrogen) atoms. The minimum atomic E-state index is 0.900. The van der Waals surface area contributed by atoms with Crippen molar-refractivity contribution < 1.29 is 0 Å². The topological polar surface area (TPSA) is 4.93 Å². The zero-order valence-electron chi connectivity index (χ0n) is 16.5. The number of aromatic nitrogens is 1. The van der Waals surface area contributed by atoms with Gasteiger partial charge in [-0.3, -0.25) is 0 Å². The smallest absolute Gasteiger partial charge is 0.0565 e. The van der Waals surface area contributed by atoms with E-state index < -0.39 is 0 Å². The first-order chi connectivity index (χ1) is 13.9. The Hall–Kier alpha value is -3.06. The Morgan fingerprint density at radius 1 is 0.679 bits per heavy atom. The zero-order valence-corrected chi connectivity index (χ0v) is 16.5. The predicted octanol–water partition coefficient (Wildman–Crippen LogP) is 7.21. The van der Waals surface area contributed by atoms with Crippen LogP contribution in [0, 0.1) is 0 Å². The van der Waals surface area contributed by atoms with Crippen molar-refractivity contribution in [3.8, 4) is 22.4 Å². The highest BCUT2D eigenvalue weighted by Gasteiger charge is 2.18. The summed E-state index contributed by atoms with van der Waals surface area (Å²) < 4.78 is 2.53. The number of nitrogens with zero attached hydrogens (tertiary/aromatic N) is 1. The van der Waals surface area contributed by atoms with Gasteiger partial charge in [0.2, 0.25) is 0 Å². The molecule has 1 aromatic heterocycles. The number of aryl methyl sites for hydroxylation is 1. The van der Waals surface area contributed by atoms with Crippen molar-refractivity contribution in [3.05, 3.63) is 108 Å². The molecular formula is C27H27N. The molecule has 0 N–H and O–H groups in total. The van der Waals surface area contributed by atoms with Crippen molar-refractivity contribution in [1.29, 1.82) is 0 Å². The van der Waals surface area contributed by atoms with Crippen molar-refractivity contribution in [1.82, 2.24) is 4.57 Å². The Bertz CT molecular complexity index is 998. The molecule has 0 aliphatic heterocycles. The van der Waals surface area contributed by atoms with Crippen LogP contribution in [0.25, 0.3) is 22.4 Å². The van der Waals surface area contributed by atoms with E-state index in [1.807, 2.05) is 0 Å². The minimum absolute atomic E-state index is 0.900. The molecule has 0 aliphatic rings. The highest BCUT2D eigenvalue weighted by atomic mass is 15.0. The molecule has 0 radical (unpaired) electrons. The van der Waals surface area contributed by atoms with Crippen molar-refractivity contribution in [2.45, 2.75) is 32.7 Å². The second-order valence-corrected chi connectivity index (χ2v) is 7.31. The summed E-state index contributed by atoms with van der Waals surface area (Å²) in [5.74, 6) is 0. The zero-order chi connectivity index (χ0) is 19.2. The summed E-state index contributed by atoms with van der Waals surface area (Å²) in [6, 6.07) is 34.8. The monoisotopic (exact) mass is 365 g/mol. The van der Waals surface area contributed by atoms with Gasteiger partial charge in [0.05, 0.1) is 5.69 Å². The lowest BCUT2D eigenvalue weighted by Crippen LogP contribution is -2.06. The molecule has 0 amide bonds. The van der Waals surface area contributed by atoms with Crippen LogP contribution in [0.15, 0.2) is 97.1 Å². The van der Waals surface area contributed by atoms with E-state index in [9.17, 15) is 0 Å². The molecule has 0 saturated heterocycles. The van der Waals surface area contributed by atoms with Crippen LogP contribution in [0.5, 0.6) is 0 Å². The SMILES string of the molecule is CCCCc1cc(-c2ccccc2)c(-c2ccccc2)n1Cc1ccccc1. The Morgan fingerprint density at radius 2 is 1.25 bits per heavy atom. The average molecular weight is 366 g/mol. The molecule has 0 unspecified atom stereocenters. The molecule has 0 atom stereocenters. The normalized spacial score (nSPS) is 10.9. The van der Waals surface area contributed by atoms with Crippen molar-refractivity contribution in [2.24, 2.45) is 0 Å². The molecular weight excluding hydrogens is 338 g/mol.